The van der Waals surface area contributed by atoms with Crippen LogP contribution >= 0.6 is 46.3 Å². The molecule has 0 aromatic heterocycles. The van der Waals surface area contributed by atoms with Crippen LogP contribution in [-0.2, 0) is 20.0 Å². The van der Waals surface area contributed by atoms with Gasteiger partial charge < -0.3 is 13.9 Å². The second-order valence-electron chi connectivity index (χ2n) is 8.60. The summed E-state index contributed by atoms with van der Waals surface area (Å²) >= 11 is 4.78. The number of rotatable bonds is 23. The van der Waals surface area contributed by atoms with E-state index in [0.29, 0.717) is 6.42 Å². The summed E-state index contributed by atoms with van der Waals surface area (Å²) in [5.74, 6) is 0. The van der Waals surface area contributed by atoms with Crippen LogP contribution in [0.5, 0.6) is 0 Å². The van der Waals surface area contributed by atoms with Gasteiger partial charge in [0, 0.05) is 11.6 Å². The molecule has 0 amide bonds. The van der Waals surface area contributed by atoms with Gasteiger partial charge >= 0.3 is 18.9 Å². The molecule has 1 aromatic rings. The van der Waals surface area contributed by atoms with Gasteiger partial charge in [0.25, 0.3) is 7.82 Å². The third-order valence-electron chi connectivity index (χ3n) is 5.72. The van der Waals surface area contributed by atoms with Gasteiger partial charge in [-0.1, -0.05) is 118 Å². The van der Waals surface area contributed by atoms with E-state index in [-0.39, 0.29) is 25.5 Å². The first-order valence-corrected chi connectivity index (χ1v) is 15.9. The second-order valence-corrected chi connectivity index (χ2v) is 11.6. The molecule has 1 aromatic carbocycles. The SMILES string of the molecule is [2H]C([2H])(Br)C([2H])([2H])OP(=O)([O-])OCCCCCCCCCCCCCCCCCCc1ccc(I)cc1.[Li+]. The molecule has 0 aliphatic heterocycles. The van der Waals surface area contributed by atoms with Crippen molar-refractivity contribution in [3.8, 4) is 0 Å². The van der Waals surface area contributed by atoms with E-state index in [9.17, 15) is 9.46 Å². The number of phosphoric acid groups is 1. The predicted molar refractivity (Wildman–Crippen MR) is 150 cm³/mol. The summed E-state index contributed by atoms with van der Waals surface area (Å²) in [6, 6.07) is 8.87. The molecule has 0 heterocycles. The molecule has 1 unspecified atom stereocenters. The Kier molecular flexibility index (Phi) is 20.3. The number of hydrogen-bond donors (Lipinski definition) is 0. The summed E-state index contributed by atoms with van der Waals surface area (Å²) < 4.78 is 51.0. The van der Waals surface area contributed by atoms with Crippen molar-refractivity contribution in [1.29, 1.82) is 0 Å². The molecule has 0 saturated carbocycles. The maximum atomic E-state index is 11.7. The standard InChI is InChI=1S/C26H45BrIO4P.Li/c27-22-24-32-33(29,30)31-23-16-14-12-10-8-6-4-2-1-3-5-7-9-11-13-15-17-25-18-20-26(28)21-19-25;/h18-21H,1-17,22-24H2,(H,29,30);/q;+1/p-1/i22D2,24D2;. The number of unbranched alkanes of at least 4 members (excludes halogenated alkanes) is 15. The zero-order chi connectivity index (χ0) is 27.6. The molecule has 0 aliphatic carbocycles. The first-order chi connectivity index (χ1) is 17.4. The third-order valence-corrected chi connectivity index (χ3v) is 7.41. The quantitative estimate of drug-likeness (QED) is 0.0474. The summed E-state index contributed by atoms with van der Waals surface area (Å²) in [6.07, 6.45) is 20.4. The summed E-state index contributed by atoms with van der Waals surface area (Å²) in [6.45, 7) is -3.14. The third kappa shape index (κ3) is 22.3. The Morgan fingerprint density at radius 2 is 1.18 bits per heavy atom. The fraction of sp³-hybridized carbons (Fsp3) is 0.769. The van der Waals surface area contributed by atoms with E-state index in [2.05, 4.69) is 71.8 Å². The van der Waals surface area contributed by atoms with E-state index >= 15 is 0 Å². The van der Waals surface area contributed by atoms with Crippen LogP contribution in [0.2, 0.25) is 0 Å². The number of alkyl halides is 1. The Labute approximate surface area is 248 Å². The topological polar surface area (TPSA) is 58.6 Å². The van der Waals surface area contributed by atoms with Crippen molar-refractivity contribution in [2.75, 3.05) is 18.4 Å². The van der Waals surface area contributed by atoms with Crippen LogP contribution in [0.3, 0.4) is 0 Å². The molecule has 0 aliphatic rings. The summed E-state index contributed by atoms with van der Waals surface area (Å²) in [5, 5.41) is -2.65. The minimum absolute atomic E-state index is 0. The van der Waals surface area contributed by atoms with Crippen LogP contribution in [-0.4, -0.2) is 18.4 Å². The van der Waals surface area contributed by atoms with Crippen LogP contribution in [0.25, 0.3) is 0 Å². The number of halogens is 2. The molecule has 0 fully saturated rings. The van der Waals surface area contributed by atoms with Gasteiger partial charge in [-0.05, 0) is 59.5 Å². The van der Waals surface area contributed by atoms with Crippen molar-refractivity contribution in [2.24, 2.45) is 0 Å². The number of hydrogen-bond acceptors (Lipinski definition) is 4. The molecule has 1 rings (SSSR count). The average Bonchev–Trinajstić information content (AvgIpc) is 2.80. The van der Waals surface area contributed by atoms with E-state index in [0.717, 1.165) is 19.3 Å². The van der Waals surface area contributed by atoms with E-state index in [4.69, 9.17) is 5.48 Å². The smallest absolute Gasteiger partial charge is 0.756 e. The van der Waals surface area contributed by atoms with Crippen molar-refractivity contribution in [3.63, 3.8) is 0 Å². The Bertz CT molecular complexity index is 773. The minimum Gasteiger partial charge on any atom is -0.756 e. The van der Waals surface area contributed by atoms with E-state index < -0.39 is 19.7 Å². The maximum absolute atomic E-state index is 11.7. The molecule has 0 N–H and O–H groups in total. The summed E-state index contributed by atoms with van der Waals surface area (Å²) in [4.78, 5) is 11.7. The molecule has 34 heavy (non-hydrogen) atoms. The summed E-state index contributed by atoms with van der Waals surface area (Å²) in [7, 11) is -4.91. The Balaban J connectivity index is 0.0000137. The first kappa shape index (κ1) is 28.2. The molecule has 192 valence electrons. The zero-order valence-corrected chi connectivity index (χ0v) is 25.5. The van der Waals surface area contributed by atoms with Gasteiger partial charge in [-0.15, -0.1) is 0 Å². The predicted octanol–water partition coefficient (Wildman–Crippen LogP) is 5.98. The Morgan fingerprint density at radius 3 is 1.62 bits per heavy atom. The van der Waals surface area contributed by atoms with Gasteiger partial charge in [-0.25, -0.2) is 0 Å². The Hall–Kier alpha value is 1.14. The average molecular weight is 669 g/mol. The molecule has 0 spiro atoms. The van der Waals surface area contributed by atoms with Gasteiger partial charge in [0.05, 0.1) is 15.9 Å². The van der Waals surface area contributed by atoms with E-state index in [1.165, 1.54) is 92.6 Å². The van der Waals surface area contributed by atoms with Crippen molar-refractivity contribution in [3.05, 3.63) is 33.4 Å². The van der Waals surface area contributed by atoms with Gasteiger partial charge in [-0.2, -0.15) is 0 Å². The maximum Gasteiger partial charge on any atom is 1.00 e. The number of benzene rings is 1. The van der Waals surface area contributed by atoms with Crippen molar-refractivity contribution < 1.29 is 42.8 Å². The van der Waals surface area contributed by atoms with Crippen LogP contribution in [0, 0.1) is 3.57 Å². The molecule has 8 heteroatoms. The largest absolute Gasteiger partial charge is 1.00 e. The van der Waals surface area contributed by atoms with Gasteiger partial charge in [0.1, 0.15) is 0 Å². The molecular formula is C26H44BrILiO4P. The normalized spacial score (nSPS) is 15.5. The second kappa shape index (κ2) is 24.5. The number of aryl methyl sites for hydroxylation is 1. The van der Waals surface area contributed by atoms with Crippen molar-refractivity contribution >= 4 is 46.3 Å². The van der Waals surface area contributed by atoms with Gasteiger partial charge in [-0.3, -0.25) is 4.57 Å². The van der Waals surface area contributed by atoms with Crippen LogP contribution in [0.4, 0.5) is 0 Å². The molecule has 1 atom stereocenters. The Morgan fingerprint density at radius 1 is 0.765 bits per heavy atom. The van der Waals surface area contributed by atoms with E-state index in [1.807, 2.05) is 0 Å². The minimum atomic E-state index is -4.91. The number of phosphoric ester groups is 1. The molecule has 0 saturated heterocycles. The van der Waals surface area contributed by atoms with Crippen molar-refractivity contribution in [1.82, 2.24) is 0 Å². The summed E-state index contributed by atoms with van der Waals surface area (Å²) in [5.41, 5.74) is 1.46. The van der Waals surface area contributed by atoms with Crippen molar-refractivity contribution in [2.45, 2.75) is 109 Å². The fourth-order valence-electron chi connectivity index (χ4n) is 3.83. The molecule has 4 nitrogen and oxygen atoms in total. The monoisotopic (exact) mass is 668 g/mol. The van der Waals surface area contributed by atoms with Gasteiger partial charge in [0.15, 0.2) is 0 Å². The van der Waals surface area contributed by atoms with Crippen LogP contribution in [0.15, 0.2) is 24.3 Å². The fourth-order valence-corrected chi connectivity index (χ4v) is 4.96. The molecule has 0 bridgehead atoms. The van der Waals surface area contributed by atoms with Crippen LogP contribution in [0.1, 0.15) is 114 Å². The molecule has 0 radical (unpaired) electrons. The molecular weight excluding hydrogens is 621 g/mol. The van der Waals surface area contributed by atoms with E-state index in [1.54, 1.807) is 0 Å². The van der Waals surface area contributed by atoms with Crippen LogP contribution < -0.4 is 23.8 Å². The zero-order valence-electron chi connectivity index (χ0n) is 24.9. The first-order valence-electron chi connectivity index (χ1n) is 14.5. The van der Waals surface area contributed by atoms with Gasteiger partial charge in [0.2, 0.25) is 0 Å².